The van der Waals surface area contributed by atoms with Crippen LogP contribution in [-0.4, -0.2) is 45.4 Å². The highest BCUT2D eigenvalue weighted by atomic mass is 32.2. The molecule has 2 heterocycles. The Labute approximate surface area is 160 Å². The zero-order chi connectivity index (χ0) is 18.5. The molecule has 0 spiro atoms. The predicted octanol–water partition coefficient (Wildman–Crippen LogP) is 4.39. The smallest absolute Gasteiger partial charge is 0.0926 e. The normalized spacial score (nSPS) is 18.2. The first-order valence-electron chi connectivity index (χ1n) is 9.00. The summed E-state index contributed by atoms with van der Waals surface area (Å²) >= 11 is 1.76. The molecule has 0 radical (unpaired) electrons. The Bertz CT molecular complexity index is 797. The summed E-state index contributed by atoms with van der Waals surface area (Å²) in [7, 11) is 4.01. The van der Waals surface area contributed by atoms with E-state index in [1.807, 2.05) is 30.7 Å². The zero-order valence-electron chi connectivity index (χ0n) is 16.0. The molecule has 5 nitrogen and oxygen atoms in total. The summed E-state index contributed by atoms with van der Waals surface area (Å²) in [4.78, 5) is 0. The van der Waals surface area contributed by atoms with Gasteiger partial charge >= 0.3 is 0 Å². The van der Waals surface area contributed by atoms with Crippen LogP contribution >= 0.6 is 11.9 Å². The van der Waals surface area contributed by atoms with Gasteiger partial charge in [-0.2, -0.15) is 10.2 Å². The minimum absolute atomic E-state index is 0.935. The lowest BCUT2D eigenvalue weighted by atomic mass is 10.0. The van der Waals surface area contributed by atoms with Crippen molar-refractivity contribution in [3.8, 4) is 0 Å². The first-order valence-corrected chi connectivity index (χ1v) is 9.84. The Morgan fingerprint density at radius 1 is 1.35 bits per heavy atom. The Kier molecular flexibility index (Phi) is 6.16. The van der Waals surface area contributed by atoms with E-state index in [1.54, 1.807) is 18.2 Å². The van der Waals surface area contributed by atoms with Crippen LogP contribution in [0, 0.1) is 0 Å². The van der Waals surface area contributed by atoms with Crippen molar-refractivity contribution in [3.05, 3.63) is 46.3 Å². The SMILES string of the molecule is C/C=N\N(C)/C(C)=C/SN1CC=C(c2c3c(nn2C)C=CCC=C3)CC1. The van der Waals surface area contributed by atoms with Crippen molar-refractivity contribution in [1.29, 1.82) is 0 Å². The number of nitrogens with zero attached hydrogens (tertiary/aromatic N) is 5. The van der Waals surface area contributed by atoms with Crippen LogP contribution < -0.4 is 0 Å². The maximum Gasteiger partial charge on any atom is 0.0926 e. The van der Waals surface area contributed by atoms with Crippen LogP contribution in [0.3, 0.4) is 0 Å². The van der Waals surface area contributed by atoms with E-state index in [1.165, 1.54) is 16.8 Å². The second-order valence-electron chi connectivity index (χ2n) is 6.44. The molecule has 0 aromatic carbocycles. The van der Waals surface area contributed by atoms with Gasteiger partial charge in [-0.1, -0.05) is 24.3 Å². The van der Waals surface area contributed by atoms with Crippen LogP contribution in [0.15, 0.2) is 34.4 Å². The van der Waals surface area contributed by atoms with Crippen molar-refractivity contribution in [2.75, 3.05) is 20.1 Å². The fourth-order valence-electron chi connectivity index (χ4n) is 3.13. The molecule has 1 aromatic heterocycles. The molecule has 0 N–H and O–H groups in total. The molecular weight excluding hydrogens is 342 g/mol. The van der Waals surface area contributed by atoms with Crippen molar-refractivity contribution in [1.82, 2.24) is 19.1 Å². The quantitative estimate of drug-likeness (QED) is 0.438. The summed E-state index contributed by atoms with van der Waals surface area (Å²) in [5.41, 5.74) is 6.12. The molecule has 0 atom stereocenters. The van der Waals surface area contributed by atoms with Gasteiger partial charge in [0.25, 0.3) is 0 Å². The number of hydrazone groups is 1. The van der Waals surface area contributed by atoms with Crippen LogP contribution in [0.5, 0.6) is 0 Å². The highest BCUT2D eigenvalue weighted by Gasteiger charge is 2.20. The number of rotatable bonds is 5. The Balaban J connectivity index is 1.70. The number of hydrogen-bond donors (Lipinski definition) is 0. The Morgan fingerprint density at radius 2 is 2.15 bits per heavy atom. The summed E-state index contributed by atoms with van der Waals surface area (Å²) in [6, 6.07) is 0. The van der Waals surface area contributed by atoms with E-state index in [2.05, 4.69) is 52.1 Å². The van der Waals surface area contributed by atoms with Gasteiger partial charge in [0.15, 0.2) is 0 Å². The van der Waals surface area contributed by atoms with Crippen LogP contribution in [0.25, 0.3) is 17.7 Å². The summed E-state index contributed by atoms with van der Waals surface area (Å²) in [6.45, 7) is 5.97. The first-order chi connectivity index (χ1) is 12.6. The molecule has 1 aliphatic carbocycles. The largest absolute Gasteiger partial charge is 0.273 e. The van der Waals surface area contributed by atoms with Gasteiger partial charge in [0.2, 0.25) is 0 Å². The topological polar surface area (TPSA) is 36.7 Å². The van der Waals surface area contributed by atoms with Gasteiger partial charge in [0.1, 0.15) is 0 Å². The fourth-order valence-corrected chi connectivity index (χ4v) is 3.94. The van der Waals surface area contributed by atoms with Crippen molar-refractivity contribution in [2.45, 2.75) is 26.7 Å². The molecule has 0 bridgehead atoms. The van der Waals surface area contributed by atoms with Crippen LogP contribution in [0.2, 0.25) is 0 Å². The highest BCUT2D eigenvalue weighted by molar-refractivity contribution is 7.99. The lowest BCUT2D eigenvalue weighted by Crippen LogP contribution is -2.22. The second-order valence-corrected chi connectivity index (χ2v) is 7.40. The van der Waals surface area contributed by atoms with E-state index in [4.69, 9.17) is 5.10 Å². The molecule has 3 rings (SSSR count). The van der Waals surface area contributed by atoms with E-state index < -0.39 is 0 Å². The lowest BCUT2D eigenvalue weighted by Gasteiger charge is -2.25. The van der Waals surface area contributed by atoms with Gasteiger partial charge in [-0.05, 0) is 50.3 Å². The van der Waals surface area contributed by atoms with Gasteiger partial charge in [0, 0.05) is 50.1 Å². The molecule has 2 aliphatic rings. The average Bonchev–Trinajstić information content (AvgIpc) is 2.80. The molecule has 6 heteroatoms. The van der Waals surface area contributed by atoms with E-state index in [0.29, 0.717) is 0 Å². The molecule has 0 unspecified atom stereocenters. The minimum atomic E-state index is 0.935. The molecular formula is C20H27N5S. The van der Waals surface area contributed by atoms with Crippen molar-refractivity contribution >= 4 is 35.9 Å². The van der Waals surface area contributed by atoms with Gasteiger partial charge in [-0.15, -0.1) is 0 Å². The van der Waals surface area contributed by atoms with Crippen molar-refractivity contribution < 1.29 is 0 Å². The Hall–Kier alpha value is -2.05. The number of allylic oxidation sites excluding steroid dienone is 3. The maximum absolute atomic E-state index is 4.69. The third-order valence-corrected chi connectivity index (χ3v) is 5.67. The van der Waals surface area contributed by atoms with E-state index in [0.717, 1.165) is 37.3 Å². The number of aromatic nitrogens is 2. The van der Waals surface area contributed by atoms with Crippen molar-refractivity contribution in [2.24, 2.45) is 12.1 Å². The molecule has 0 amide bonds. The van der Waals surface area contributed by atoms with E-state index in [-0.39, 0.29) is 0 Å². The molecule has 0 saturated heterocycles. The summed E-state index contributed by atoms with van der Waals surface area (Å²) in [5, 5.41) is 13.0. The minimum Gasteiger partial charge on any atom is -0.273 e. The zero-order valence-corrected chi connectivity index (χ0v) is 16.8. The lowest BCUT2D eigenvalue weighted by molar-refractivity contribution is 0.450. The summed E-state index contributed by atoms with van der Waals surface area (Å²) in [5.74, 6) is 0. The van der Waals surface area contributed by atoms with Crippen LogP contribution in [0.4, 0.5) is 0 Å². The van der Waals surface area contributed by atoms with Gasteiger partial charge in [0.05, 0.1) is 11.4 Å². The van der Waals surface area contributed by atoms with Gasteiger partial charge in [-0.25, -0.2) is 4.31 Å². The van der Waals surface area contributed by atoms with E-state index >= 15 is 0 Å². The summed E-state index contributed by atoms with van der Waals surface area (Å²) < 4.78 is 4.41. The maximum atomic E-state index is 4.69. The molecule has 1 aliphatic heterocycles. The standard InChI is InChI=1S/C20H27N5S/c1-5-21-23(3)16(2)15-26-25-13-11-17(12-14-25)20-18-9-7-6-8-10-19(18)22-24(20)4/h5,7-11,15H,6,12-14H2,1-4H3/b16-15+,21-5-. The highest BCUT2D eigenvalue weighted by Crippen LogP contribution is 2.31. The van der Waals surface area contributed by atoms with E-state index in [9.17, 15) is 0 Å². The molecule has 138 valence electrons. The summed E-state index contributed by atoms with van der Waals surface area (Å²) in [6.07, 6.45) is 14.9. The average molecular weight is 370 g/mol. The number of aryl methyl sites for hydroxylation is 1. The predicted molar refractivity (Wildman–Crippen MR) is 113 cm³/mol. The third-order valence-electron chi connectivity index (χ3n) is 4.59. The third kappa shape index (κ3) is 4.19. The first kappa shape index (κ1) is 18.7. The molecule has 0 fully saturated rings. The van der Waals surface area contributed by atoms with Gasteiger partial charge < -0.3 is 0 Å². The fraction of sp³-hybridized carbons (Fsp3) is 0.400. The molecule has 1 aromatic rings. The monoisotopic (exact) mass is 369 g/mol. The number of hydrogen-bond acceptors (Lipinski definition) is 5. The molecule has 26 heavy (non-hydrogen) atoms. The Morgan fingerprint density at radius 3 is 2.88 bits per heavy atom. The number of fused-ring (bicyclic) bond motifs is 1. The van der Waals surface area contributed by atoms with Crippen molar-refractivity contribution in [3.63, 3.8) is 0 Å². The van der Waals surface area contributed by atoms with Crippen LogP contribution in [0.1, 0.15) is 43.6 Å². The van der Waals surface area contributed by atoms with Crippen LogP contribution in [-0.2, 0) is 7.05 Å². The van der Waals surface area contributed by atoms with Gasteiger partial charge in [-0.3, -0.25) is 9.69 Å². The molecule has 0 saturated carbocycles. The second kappa shape index (κ2) is 8.56.